The molecule has 0 fully saturated rings. The molecule has 0 bridgehead atoms. The second-order valence-corrected chi connectivity index (χ2v) is 9.69. The molecule has 6 nitrogen and oxygen atoms in total. The molecule has 0 aliphatic heterocycles. The highest BCUT2D eigenvalue weighted by molar-refractivity contribution is 5.94. The molecular weight excluding hydrogens is 378 g/mol. The van der Waals surface area contributed by atoms with Gasteiger partial charge >= 0.3 is 0 Å². The molecule has 0 aliphatic carbocycles. The molecule has 164 valence electrons. The minimum atomic E-state index is -0.266. The summed E-state index contributed by atoms with van der Waals surface area (Å²) in [5, 5.41) is 6.69. The van der Waals surface area contributed by atoms with Gasteiger partial charge in [0.2, 0.25) is 0 Å². The summed E-state index contributed by atoms with van der Waals surface area (Å²) in [5.74, 6) is 0.804. The van der Waals surface area contributed by atoms with Crippen molar-refractivity contribution < 1.29 is 14.1 Å². The van der Waals surface area contributed by atoms with E-state index in [-0.39, 0.29) is 29.5 Å². The maximum Gasteiger partial charge on any atom is 0.273 e. The van der Waals surface area contributed by atoms with E-state index in [2.05, 4.69) is 45.1 Å². The maximum absolute atomic E-state index is 13.1. The highest BCUT2D eigenvalue weighted by Gasteiger charge is 2.22. The van der Waals surface area contributed by atoms with Crippen LogP contribution >= 0.6 is 0 Å². The summed E-state index contributed by atoms with van der Waals surface area (Å²) in [6, 6.07) is 9.38. The molecule has 1 heterocycles. The highest BCUT2D eigenvalue weighted by atomic mass is 16.5. The van der Waals surface area contributed by atoms with E-state index < -0.39 is 0 Å². The highest BCUT2D eigenvalue weighted by Crippen LogP contribution is 2.23. The van der Waals surface area contributed by atoms with Crippen LogP contribution in [-0.4, -0.2) is 35.0 Å². The topological polar surface area (TPSA) is 75.4 Å². The molecule has 30 heavy (non-hydrogen) atoms. The van der Waals surface area contributed by atoms with Crippen LogP contribution in [0.25, 0.3) is 0 Å². The predicted octanol–water partition coefficient (Wildman–Crippen LogP) is 4.66. The SMILES string of the molecule is CC(C)CNC(=O)c1cc(CN(CC(C)C)C(=O)c2ccc(C(C)(C)C)cc2)on1. The summed E-state index contributed by atoms with van der Waals surface area (Å²) >= 11 is 0. The Morgan fingerprint density at radius 3 is 2.23 bits per heavy atom. The Labute approximate surface area is 180 Å². The molecular formula is C24H35N3O3. The third kappa shape index (κ3) is 6.71. The Balaban J connectivity index is 2.14. The largest absolute Gasteiger partial charge is 0.359 e. The van der Waals surface area contributed by atoms with Crippen molar-refractivity contribution in [3.63, 3.8) is 0 Å². The zero-order valence-corrected chi connectivity index (χ0v) is 19.3. The van der Waals surface area contributed by atoms with E-state index in [1.807, 2.05) is 38.1 Å². The lowest BCUT2D eigenvalue weighted by molar-refractivity contribution is 0.0705. The number of amides is 2. The Morgan fingerprint density at radius 1 is 1.07 bits per heavy atom. The van der Waals surface area contributed by atoms with Crippen LogP contribution < -0.4 is 5.32 Å². The molecule has 0 aliphatic rings. The van der Waals surface area contributed by atoms with E-state index in [0.29, 0.717) is 36.2 Å². The van der Waals surface area contributed by atoms with E-state index in [1.165, 1.54) is 5.56 Å². The number of nitrogens with one attached hydrogen (secondary N) is 1. The van der Waals surface area contributed by atoms with Crippen LogP contribution in [0, 0.1) is 11.8 Å². The Morgan fingerprint density at radius 2 is 1.70 bits per heavy atom. The lowest BCUT2D eigenvalue weighted by Crippen LogP contribution is -2.33. The number of aromatic nitrogens is 1. The van der Waals surface area contributed by atoms with Crippen LogP contribution in [0.15, 0.2) is 34.9 Å². The average molecular weight is 414 g/mol. The van der Waals surface area contributed by atoms with Crippen LogP contribution in [0.2, 0.25) is 0 Å². The molecule has 0 saturated heterocycles. The van der Waals surface area contributed by atoms with Crippen molar-refractivity contribution in [2.24, 2.45) is 11.8 Å². The Hall–Kier alpha value is -2.63. The molecule has 0 unspecified atom stereocenters. The minimum Gasteiger partial charge on any atom is -0.359 e. The molecule has 2 aromatic rings. The molecule has 0 atom stereocenters. The first-order valence-corrected chi connectivity index (χ1v) is 10.6. The average Bonchev–Trinajstić information content (AvgIpc) is 3.12. The second-order valence-electron chi connectivity index (χ2n) is 9.69. The number of rotatable bonds is 8. The first-order valence-electron chi connectivity index (χ1n) is 10.6. The monoisotopic (exact) mass is 413 g/mol. The van der Waals surface area contributed by atoms with Crippen molar-refractivity contribution in [3.8, 4) is 0 Å². The zero-order valence-electron chi connectivity index (χ0n) is 19.3. The Bertz CT molecular complexity index is 845. The molecule has 1 aromatic heterocycles. The maximum atomic E-state index is 13.1. The summed E-state index contributed by atoms with van der Waals surface area (Å²) in [6.45, 7) is 16.0. The van der Waals surface area contributed by atoms with Gasteiger partial charge in [0.15, 0.2) is 11.5 Å². The van der Waals surface area contributed by atoms with Gasteiger partial charge in [-0.3, -0.25) is 9.59 Å². The molecule has 2 amide bonds. The van der Waals surface area contributed by atoms with Gasteiger partial charge in [-0.2, -0.15) is 0 Å². The number of carbonyl (C=O) groups is 2. The van der Waals surface area contributed by atoms with Gasteiger partial charge in [-0.1, -0.05) is 65.8 Å². The number of hydrogen-bond donors (Lipinski definition) is 1. The first kappa shape index (κ1) is 23.6. The first-order chi connectivity index (χ1) is 14.0. The van der Waals surface area contributed by atoms with Crippen LogP contribution in [-0.2, 0) is 12.0 Å². The van der Waals surface area contributed by atoms with Crippen molar-refractivity contribution in [2.75, 3.05) is 13.1 Å². The molecule has 2 rings (SSSR count). The van der Waals surface area contributed by atoms with Gasteiger partial charge in [-0.25, -0.2) is 0 Å². The molecule has 1 aromatic carbocycles. The molecule has 6 heteroatoms. The van der Waals surface area contributed by atoms with Crippen molar-refractivity contribution in [3.05, 3.63) is 52.9 Å². The van der Waals surface area contributed by atoms with Crippen molar-refractivity contribution in [2.45, 2.75) is 60.4 Å². The second kappa shape index (κ2) is 9.92. The lowest BCUT2D eigenvalue weighted by Gasteiger charge is -2.24. The van der Waals surface area contributed by atoms with Crippen LogP contribution in [0.4, 0.5) is 0 Å². The van der Waals surface area contributed by atoms with Crippen molar-refractivity contribution in [1.82, 2.24) is 15.4 Å². The van der Waals surface area contributed by atoms with E-state index in [1.54, 1.807) is 11.0 Å². The third-order valence-corrected chi connectivity index (χ3v) is 4.68. The van der Waals surface area contributed by atoms with Crippen LogP contribution in [0.1, 0.15) is 80.6 Å². The smallest absolute Gasteiger partial charge is 0.273 e. The fraction of sp³-hybridized carbons (Fsp3) is 0.542. The van der Waals surface area contributed by atoms with Gasteiger partial charge in [-0.05, 0) is 34.9 Å². The third-order valence-electron chi connectivity index (χ3n) is 4.68. The van der Waals surface area contributed by atoms with Gasteiger partial charge in [-0.15, -0.1) is 0 Å². The summed E-state index contributed by atoms with van der Waals surface area (Å²) in [4.78, 5) is 27.1. The molecule has 1 N–H and O–H groups in total. The van der Waals surface area contributed by atoms with Crippen LogP contribution in [0.3, 0.4) is 0 Å². The van der Waals surface area contributed by atoms with Gasteiger partial charge in [0, 0.05) is 24.7 Å². The summed E-state index contributed by atoms with van der Waals surface area (Å²) in [7, 11) is 0. The van der Waals surface area contributed by atoms with E-state index in [4.69, 9.17) is 4.52 Å². The number of carbonyl (C=O) groups excluding carboxylic acids is 2. The molecule has 0 saturated carbocycles. The number of benzene rings is 1. The van der Waals surface area contributed by atoms with Gasteiger partial charge in [0.25, 0.3) is 11.8 Å². The van der Waals surface area contributed by atoms with Gasteiger partial charge in [0.05, 0.1) is 6.54 Å². The van der Waals surface area contributed by atoms with E-state index in [0.717, 1.165) is 0 Å². The fourth-order valence-corrected chi connectivity index (χ4v) is 3.03. The summed E-state index contributed by atoms with van der Waals surface area (Å²) in [5.41, 5.74) is 2.09. The standard InChI is InChI=1S/C24H35N3O3/c1-16(2)13-25-22(28)21-12-20(30-26-21)15-27(14-17(3)4)23(29)18-8-10-19(11-9-18)24(5,6)7/h8-12,16-17H,13-15H2,1-7H3,(H,25,28). The summed E-state index contributed by atoms with van der Waals surface area (Å²) < 4.78 is 5.35. The fourth-order valence-electron chi connectivity index (χ4n) is 3.03. The zero-order chi connectivity index (χ0) is 22.5. The van der Waals surface area contributed by atoms with Crippen LogP contribution in [0.5, 0.6) is 0 Å². The number of nitrogens with zero attached hydrogens (tertiary/aromatic N) is 2. The van der Waals surface area contributed by atoms with Gasteiger partial charge in [0.1, 0.15) is 0 Å². The molecule has 0 spiro atoms. The van der Waals surface area contributed by atoms with Crippen molar-refractivity contribution >= 4 is 11.8 Å². The molecule has 0 radical (unpaired) electrons. The summed E-state index contributed by atoms with van der Waals surface area (Å²) in [6.07, 6.45) is 0. The quantitative estimate of drug-likeness (QED) is 0.683. The Kier molecular flexibility index (Phi) is 7.82. The van der Waals surface area contributed by atoms with E-state index in [9.17, 15) is 9.59 Å². The predicted molar refractivity (Wildman–Crippen MR) is 118 cm³/mol. The van der Waals surface area contributed by atoms with Gasteiger partial charge < -0.3 is 14.7 Å². The lowest BCUT2D eigenvalue weighted by atomic mass is 9.86. The minimum absolute atomic E-state index is 0.0333. The van der Waals surface area contributed by atoms with E-state index >= 15 is 0 Å². The number of hydrogen-bond acceptors (Lipinski definition) is 4. The normalized spacial score (nSPS) is 11.8. The van der Waals surface area contributed by atoms with Crippen molar-refractivity contribution in [1.29, 1.82) is 0 Å².